The number of anilines is 1. The standard InChI is InChI=1S/C14H13N.CH2N4/c15-14-9-5-4-8-13(14)11-10-12-6-2-1-3-7-12;1-2-4-5-3-1/h1-11H,15H2;1H,(H,2,3,4,5). The van der Waals surface area contributed by atoms with Crippen molar-refractivity contribution in [3.63, 3.8) is 0 Å². The third kappa shape index (κ3) is 4.38. The van der Waals surface area contributed by atoms with E-state index in [0.717, 1.165) is 11.3 Å². The lowest BCUT2D eigenvalue weighted by atomic mass is 10.1. The van der Waals surface area contributed by atoms with Crippen molar-refractivity contribution in [1.82, 2.24) is 20.6 Å². The lowest BCUT2D eigenvalue weighted by Gasteiger charge is -1.98. The van der Waals surface area contributed by atoms with E-state index >= 15 is 0 Å². The number of nitrogens with zero attached hydrogens (tertiary/aromatic N) is 3. The maximum Gasteiger partial charge on any atom is 0.161 e. The second-order valence-electron chi connectivity index (χ2n) is 3.93. The van der Waals surface area contributed by atoms with Gasteiger partial charge in [0, 0.05) is 5.69 Å². The molecule has 0 saturated carbocycles. The van der Waals surface area contributed by atoms with Crippen molar-refractivity contribution in [3.05, 3.63) is 72.1 Å². The van der Waals surface area contributed by atoms with Gasteiger partial charge in [-0.2, -0.15) is 5.21 Å². The van der Waals surface area contributed by atoms with Gasteiger partial charge in [-0.15, -0.1) is 10.2 Å². The predicted molar refractivity (Wildman–Crippen MR) is 80.4 cm³/mol. The van der Waals surface area contributed by atoms with Gasteiger partial charge in [0.2, 0.25) is 0 Å². The molecule has 20 heavy (non-hydrogen) atoms. The third-order valence-corrected chi connectivity index (χ3v) is 2.52. The van der Waals surface area contributed by atoms with E-state index < -0.39 is 0 Å². The second kappa shape index (κ2) is 7.48. The van der Waals surface area contributed by atoms with Gasteiger partial charge in [-0.25, -0.2) is 0 Å². The number of benzene rings is 2. The summed E-state index contributed by atoms with van der Waals surface area (Å²) in [5.41, 5.74) is 8.88. The molecule has 1 heterocycles. The molecule has 0 bridgehead atoms. The number of hydrogen-bond acceptors (Lipinski definition) is 4. The molecule has 0 aliphatic rings. The SMILES string of the molecule is Nc1ccccc1C=Cc1ccccc1.c1nn[nH]n1. The average Bonchev–Trinajstić information content (AvgIpc) is 3.07. The summed E-state index contributed by atoms with van der Waals surface area (Å²) >= 11 is 0. The van der Waals surface area contributed by atoms with Gasteiger partial charge in [-0.05, 0) is 17.2 Å². The van der Waals surface area contributed by atoms with Crippen LogP contribution in [0.3, 0.4) is 0 Å². The molecular formula is C15H15N5. The first-order chi connectivity index (χ1) is 9.86. The Morgan fingerprint density at radius 3 is 2.25 bits per heavy atom. The van der Waals surface area contributed by atoms with Crippen LogP contribution in [0.5, 0.6) is 0 Å². The maximum absolute atomic E-state index is 5.83. The summed E-state index contributed by atoms with van der Waals surface area (Å²) in [5.74, 6) is 0. The van der Waals surface area contributed by atoms with Gasteiger partial charge in [-0.3, -0.25) is 0 Å². The van der Waals surface area contributed by atoms with E-state index in [1.165, 1.54) is 11.9 Å². The second-order valence-corrected chi connectivity index (χ2v) is 3.93. The van der Waals surface area contributed by atoms with Crippen LogP contribution in [0.4, 0.5) is 5.69 Å². The summed E-state index contributed by atoms with van der Waals surface area (Å²) in [4.78, 5) is 0. The third-order valence-electron chi connectivity index (χ3n) is 2.52. The molecule has 1 aromatic heterocycles. The fraction of sp³-hybridized carbons (Fsp3) is 0. The van der Waals surface area contributed by atoms with E-state index in [-0.39, 0.29) is 0 Å². The summed E-state index contributed by atoms with van der Waals surface area (Å²) in [6, 6.07) is 18.0. The number of nitrogens with two attached hydrogens (primary N) is 1. The number of H-pyrrole nitrogens is 1. The summed E-state index contributed by atoms with van der Waals surface area (Å²) in [6.45, 7) is 0. The Bertz CT molecular complexity index is 615. The minimum absolute atomic E-state index is 0.810. The number of nitrogen functional groups attached to an aromatic ring is 1. The Kier molecular flexibility index (Phi) is 5.04. The van der Waals surface area contributed by atoms with Crippen molar-refractivity contribution in [3.8, 4) is 0 Å². The van der Waals surface area contributed by atoms with Crippen LogP contribution in [0.25, 0.3) is 12.2 Å². The van der Waals surface area contributed by atoms with E-state index in [4.69, 9.17) is 5.73 Å². The van der Waals surface area contributed by atoms with Crippen molar-refractivity contribution in [1.29, 1.82) is 0 Å². The van der Waals surface area contributed by atoms with E-state index in [1.807, 2.05) is 48.5 Å². The molecule has 0 saturated heterocycles. The van der Waals surface area contributed by atoms with Crippen LogP contribution in [-0.4, -0.2) is 20.6 Å². The molecule has 5 heteroatoms. The van der Waals surface area contributed by atoms with E-state index in [2.05, 4.69) is 38.8 Å². The molecule has 0 aliphatic heterocycles. The zero-order valence-electron chi connectivity index (χ0n) is 10.8. The zero-order valence-corrected chi connectivity index (χ0v) is 10.8. The molecule has 5 nitrogen and oxygen atoms in total. The van der Waals surface area contributed by atoms with Gasteiger partial charge in [0.1, 0.15) is 0 Å². The van der Waals surface area contributed by atoms with Crippen LogP contribution in [-0.2, 0) is 0 Å². The number of aromatic amines is 1. The number of rotatable bonds is 2. The molecule has 3 N–H and O–H groups in total. The van der Waals surface area contributed by atoms with Crippen molar-refractivity contribution in [2.45, 2.75) is 0 Å². The van der Waals surface area contributed by atoms with Gasteiger partial charge in [0.15, 0.2) is 6.33 Å². The highest BCUT2D eigenvalue weighted by atomic mass is 15.5. The topological polar surface area (TPSA) is 80.5 Å². The van der Waals surface area contributed by atoms with Crippen LogP contribution in [0, 0.1) is 0 Å². The van der Waals surface area contributed by atoms with Crippen molar-refractivity contribution in [2.24, 2.45) is 0 Å². The van der Waals surface area contributed by atoms with Crippen molar-refractivity contribution < 1.29 is 0 Å². The maximum atomic E-state index is 5.83. The van der Waals surface area contributed by atoms with Crippen LogP contribution in [0.1, 0.15) is 11.1 Å². The molecular weight excluding hydrogens is 250 g/mol. The van der Waals surface area contributed by atoms with Crippen LogP contribution in [0.15, 0.2) is 60.9 Å². The Hall–Kier alpha value is -2.95. The minimum atomic E-state index is 0.810. The predicted octanol–water partition coefficient (Wildman–Crippen LogP) is 2.64. The highest BCUT2D eigenvalue weighted by Gasteiger charge is 1.91. The fourth-order valence-corrected chi connectivity index (χ4v) is 1.54. The molecule has 3 aromatic rings. The summed E-state index contributed by atoms with van der Waals surface area (Å²) in [6.07, 6.45) is 5.43. The van der Waals surface area contributed by atoms with E-state index in [0.29, 0.717) is 0 Å². The molecule has 2 aromatic carbocycles. The Morgan fingerprint density at radius 1 is 0.900 bits per heavy atom. The first-order valence-electron chi connectivity index (χ1n) is 6.10. The van der Waals surface area contributed by atoms with Crippen LogP contribution >= 0.6 is 0 Å². The van der Waals surface area contributed by atoms with Crippen LogP contribution in [0.2, 0.25) is 0 Å². The number of aromatic nitrogens is 4. The van der Waals surface area contributed by atoms with Crippen molar-refractivity contribution in [2.75, 3.05) is 5.73 Å². The molecule has 0 spiro atoms. The normalized spacial score (nSPS) is 10.0. The largest absolute Gasteiger partial charge is 0.398 e. The summed E-state index contributed by atoms with van der Waals surface area (Å²) < 4.78 is 0. The average molecular weight is 265 g/mol. The van der Waals surface area contributed by atoms with Gasteiger partial charge in [-0.1, -0.05) is 65.9 Å². The Labute approximate surface area is 117 Å². The monoisotopic (exact) mass is 265 g/mol. The lowest BCUT2D eigenvalue weighted by molar-refractivity contribution is 0.881. The highest BCUT2D eigenvalue weighted by Crippen LogP contribution is 2.14. The van der Waals surface area contributed by atoms with Crippen molar-refractivity contribution >= 4 is 17.8 Å². The van der Waals surface area contributed by atoms with Crippen LogP contribution < -0.4 is 5.73 Å². The smallest absolute Gasteiger partial charge is 0.161 e. The van der Waals surface area contributed by atoms with Gasteiger partial charge in [0.05, 0.1) is 0 Å². The van der Waals surface area contributed by atoms with Gasteiger partial charge < -0.3 is 5.73 Å². The molecule has 3 rings (SSSR count). The molecule has 0 amide bonds. The van der Waals surface area contributed by atoms with E-state index in [9.17, 15) is 0 Å². The van der Waals surface area contributed by atoms with Gasteiger partial charge >= 0.3 is 0 Å². The summed E-state index contributed by atoms with van der Waals surface area (Å²) in [7, 11) is 0. The molecule has 0 radical (unpaired) electrons. The minimum Gasteiger partial charge on any atom is -0.398 e. The number of hydrogen-bond donors (Lipinski definition) is 2. The Balaban J connectivity index is 0.000000247. The molecule has 0 fully saturated rings. The first-order valence-corrected chi connectivity index (χ1v) is 6.10. The molecule has 100 valence electrons. The number of nitrogens with one attached hydrogen (secondary N) is 1. The first kappa shape index (κ1) is 13.5. The van der Waals surface area contributed by atoms with E-state index in [1.54, 1.807) is 0 Å². The molecule has 0 aliphatic carbocycles. The number of tetrazole rings is 1. The van der Waals surface area contributed by atoms with Gasteiger partial charge in [0.25, 0.3) is 0 Å². The molecule has 0 atom stereocenters. The zero-order chi connectivity index (χ0) is 14.0. The Morgan fingerprint density at radius 2 is 1.65 bits per heavy atom. The molecule has 0 unspecified atom stereocenters. The quantitative estimate of drug-likeness (QED) is 0.551. The highest BCUT2D eigenvalue weighted by molar-refractivity contribution is 5.75. The summed E-state index contributed by atoms with van der Waals surface area (Å²) in [5, 5.41) is 12.2. The lowest BCUT2D eigenvalue weighted by Crippen LogP contribution is -1.87. The number of para-hydroxylation sites is 1. The fourth-order valence-electron chi connectivity index (χ4n) is 1.54.